The lowest BCUT2D eigenvalue weighted by Crippen LogP contribution is -2.30. The minimum absolute atomic E-state index is 0.530. The second-order valence-electron chi connectivity index (χ2n) is 9.85. The molecule has 6 nitrogen and oxygen atoms in total. The second-order valence-corrected chi connectivity index (χ2v) is 9.85. The van der Waals surface area contributed by atoms with Gasteiger partial charge in [0, 0.05) is 29.1 Å². The number of carbonyl (C=O) groups is 1. The van der Waals surface area contributed by atoms with Crippen LogP contribution in [-0.2, 0) is 16.0 Å². The summed E-state index contributed by atoms with van der Waals surface area (Å²) in [5.41, 5.74) is 4.80. The van der Waals surface area contributed by atoms with Crippen LogP contribution in [0.3, 0.4) is 0 Å². The number of carboxylic acid groups (broad SMARTS) is 1. The monoisotopic (exact) mass is 480 g/mol. The van der Waals surface area contributed by atoms with Gasteiger partial charge in [0.1, 0.15) is 5.75 Å². The number of rotatable bonds is 6. The molecule has 1 atom stereocenters. The van der Waals surface area contributed by atoms with Crippen LogP contribution in [-0.4, -0.2) is 28.3 Å². The molecule has 0 spiro atoms. The molecule has 182 valence electrons. The van der Waals surface area contributed by atoms with Crippen molar-refractivity contribution in [3.63, 3.8) is 0 Å². The predicted molar refractivity (Wildman–Crippen MR) is 141 cm³/mol. The van der Waals surface area contributed by atoms with Crippen molar-refractivity contribution in [2.75, 3.05) is 6.61 Å². The molecule has 3 aromatic carbocycles. The van der Waals surface area contributed by atoms with Gasteiger partial charge >= 0.3 is 5.97 Å². The summed E-state index contributed by atoms with van der Waals surface area (Å²) >= 11 is 0. The Labute approximate surface area is 210 Å². The number of pyridine rings is 1. The van der Waals surface area contributed by atoms with Gasteiger partial charge < -0.3 is 14.6 Å². The highest BCUT2D eigenvalue weighted by molar-refractivity contribution is 6.09. The average Bonchev–Trinajstić information content (AvgIpc) is 2.87. The number of carboxylic acids is 1. The van der Waals surface area contributed by atoms with Crippen molar-refractivity contribution in [3.8, 4) is 16.9 Å². The summed E-state index contributed by atoms with van der Waals surface area (Å²) in [6.45, 7) is 15.8. The highest BCUT2D eigenvalue weighted by Crippen LogP contribution is 2.45. The molecule has 2 heterocycles. The quantitative estimate of drug-likeness (QED) is 0.296. The number of aryl methyl sites for hydroxylation is 1. The lowest BCUT2D eigenvalue weighted by atomic mass is 9.85. The first kappa shape index (κ1) is 23.8. The van der Waals surface area contributed by atoms with Crippen LogP contribution < -0.4 is 4.74 Å². The molecular formula is C30H28N2O4. The maximum atomic E-state index is 12.7. The third-order valence-electron chi connectivity index (χ3n) is 7.11. The van der Waals surface area contributed by atoms with E-state index in [4.69, 9.17) is 21.0 Å². The van der Waals surface area contributed by atoms with Crippen molar-refractivity contribution in [3.05, 3.63) is 76.8 Å². The largest absolute Gasteiger partial charge is 0.493 e. The van der Waals surface area contributed by atoms with E-state index in [2.05, 4.69) is 4.85 Å². The molecule has 0 saturated heterocycles. The van der Waals surface area contributed by atoms with Crippen LogP contribution >= 0.6 is 0 Å². The molecule has 0 radical (unpaired) electrons. The zero-order chi connectivity index (χ0) is 25.6. The molecule has 0 unspecified atom stereocenters. The smallest absolute Gasteiger partial charge is 0.337 e. The number of aromatic nitrogens is 1. The first-order valence-corrected chi connectivity index (χ1v) is 12.1. The van der Waals surface area contributed by atoms with Crippen molar-refractivity contribution in [2.45, 2.75) is 52.2 Å². The van der Waals surface area contributed by atoms with E-state index < -0.39 is 17.7 Å². The molecule has 6 heteroatoms. The highest BCUT2D eigenvalue weighted by atomic mass is 16.5. The predicted octanol–water partition coefficient (Wildman–Crippen LogP) is 7.18. The maximum absolute atomic E-state index is 12.7. The van der Waals surface area contributed by atoms with E-state index in [0.29, 0.717) is 24.3 Å². The van der Waals surface area contributed by atoms with E-state index in [-0.39, 0.29) is 0 Å². The van der Waals surface area contributed by atoms with Crippen LogP contribution in [0.2, 0.25) is 0 Å². The number of aliphatic carboxylic acids is 1. The fourth-order valence-electron chi connectivity index (χ4n) is 4.99. The van der Waals surface area contributed by atoms with Gasteiger partial charge in [0.2, 0.25) is 0 Å². The number of hydrogen-bond acceptors (Lipinski definition) is 4. The summed E-state index contributed by atoms with van der Waals surface area (Å²) in [5.74, 6) is -0.257. The Balaban J connectivity index is 1.90. The first-order valence-electron chi connectivity index (χ1n) is 12.1. The maximum Gasteiger partial charge on any atom is 0.337 e. The summed E-state index contributed by atoms with van der Waals surface area (Å²) < 4.78 is 12.2. The van der Waals surface area contributed by atoms with Crippen LogP contribution in [0.1, 0.15) is 50.0 Å². The lowest BCUT2D eigenvalue weighted by Gasteiger charge is -2.31. The van der Waals surface area contributed by atoms with Gasteiger partial charge in [0.05, 0.1) is 24.3 Å². The molecule has 1 aliphatic rings. The topological polar surface area (TPSA) is 73.0 Å². The average molecular weight is 481 g/mol. The Kier molecular flexibility index (Phi) is 5.89. The summed E-state index contributed by atoms with van der Waals surface area (Å²) in [5, 5.41) is 13.1. The molecule has 1 aromatic heterocycles. The van der Waals surface area contributed by atoms with Gasteiger partial charge in [0.15, 0.2) is 11.8 Å². The van der Waals surface area contributed by atoms with Crippen LogP contribution in [0.15, 0.2) is 48.7 Å². The standard InChI is InChI=1S/C30H28N2O4/c1-6-30(3,4)36-28(29(33)34)24-17(2)15-19-16-20(31-5)7-8-21(19)26(24)22-9-10-23-25-18(12-14-35-23)11-13-32-27(22)25/h7-11,13,15-16,28H,6,12,14H2,1-4H3,(H,33,34)/t28-/m0/s1. The fraction of sp³-hybridized carbons (Fsp3) is 0.300. The molecular weight excluding hydrogens is 452 g/mol. The highest BCUT2D eigenvalue weighted by Gasteiger charge is 2.33. The molecule has 0 amide bonds. The van der Waals surface area contributed by atoms with Gasteiger partial charge in [-0.3, -0.25) is 4.98 Å². The number of ether oxygens (including phenoxy) is 2. The van der Waals surface area contributed by atoms with Gasteiger partial charge in [0.25, 0.3) is 0 Å². The Morgan fingerprint density at radius 2 is 2.06 bits per heavy atom. The van der Waals surface area contributed by atoms with Gasteiger partial charge in [-0.15, -0.1) is 0 Å². The fourth-order valence-corrected chi connectivity index (χ4v) is 4.99. The summed E-state index contributed by atoms with van der Waals surface area (Å²) in [6.07, 6.45) is 2.07. The van der Waals surface area contributed by atoms with E-state index >= 15 is 0 Å². The van der Waals surface area contributed by atoms with Crippen LogP contribution in [0, 0.1) is 13.5 Å². The molecule has 4 aromatic rings. The molecule has 1 N–H and O–H groups in total. The number of hydrogen-bond donors (Lipinski definition) is 1. The Morgan fingerprint density at radius 1 is 1.25 bits per heavy atom. The summed E-state index contributed by atoms with van der Waals surface area (Å²) in [7, 11) is 0. The summed E-state index contributed by atoms with van der Waals surface area (Å²) in [6, 6.07) is 13.4. The van der Waals surface area contributed by atoms with Crippen molar-refractivity contribution in [1.29, 1.82) is 0 Å². The van der Waals surface area contributed by atoms with Crippen LogP contribution in [0.5, 0.6) is 5.75 Å². The van der Waals surface area contributed by atoms with Crippen LogP contribution in [0.25, 0.3) is 37.6 Å². The van der Waals surface area contributed by atoms with Crippen molar-refractivity contribution >= 4 is 33.3 Å². The van der Waals surface area contributed by atoms with Crippen molar-refractivity contribution in [1.82, 2.24) is 4.98 Å². The van der Waals surface area contributed by atoms with Crippen LogP contribution in [0.4, 0.5) is 5.69 Å². The lowest BCUT2D eigenvalue weighted by molar-refractivity contribution is -0.162. The molecule has 0 fully saturated rings. The summed E-state index contributed by atoms with van der Waals surface area (Å²) in [4.78, 5) is 21.0. The van der Waals surface area contributed by atoms with Crippen molar-refractivity contribution < 1.29 is 19.4 Å². The second kappa shape index (κ2) is 8.92. The van der Waals surface area contributed by atoms with E-state index in [1.165, 1.54) is 0 Å². The molecule has 5 rings (SSSR count). The van der Waals surface area contributed by atoms with Gasteiger partial charge in [-0.05, 0) is 78.9 Å². The Morgan fingerprint density at radius 3 is 2.78 bits per heavy atom. The Bertz CT molecular complexity index is 1560. The molecule has 36 heavy (non-hydrogen) atoms. The molecule has 0 aliphatic carbocycles. The third-order valence-corrected chi connectivity index (χ3v) is 7.11. The van der Waals surface area contributed by atoms with E-state index in [1.54, 1.807) is 12.3 Å². The van der Waals surface area contributed by atoms with Gasteiger partial charge in [-0.2, -0.15) is 0 Å². The molecule has 0 saturated carbocycles. The first-order chi connectivity index (χ1) is 17.2. The zero-order valence-electron chi connectivity index (χ0n) is 20.9. The normalized spacial score (nSPS) is 13.9. The molecule has 1 aliphatic heterocycles. The van der Waals surface area contributed by atoms with E-state index in [0.717, 1.165) is 56.1 Å². The number of fused-ring (bicyclic) bond motifs is 1. The molecule has 0 bridgehead atoms. The van der Waals surface area contributed by atoms with E-state index in [9.17, 15) is 9.90 Å². The van der Waals surface area contributed by atoms with Gasteiger partial charge in [-0.1, -0.05) is 25.1 Å². The van der Waals surface area contributed by atoms with Crippen molar-refractivity contribution in [2.24, 2.45) is 0 Å². The van der Waals surface area contributed by atoms with E-state index in [1.807, 2.05) is 64.1 Å². The third kappa shape index (κ3) is 3.96. The number of benzene rings is 3. The SMILES string of the molecule is [C-]#[N+]c1ccc2c(-c3ccc4c5c(ccnc35)CCO4)c([C@H](OC(C)(C)CC)C(=O)O)c(C)cc2c1. The minimum atomic E-state index is -1.18. The number of nitrogens with zero attached hydrogens (tertiary/aromatic N) is 2. The van der Waals surface area contributed by atoms with Gasteiger partial charge in [-0.25, -0.2) is 9.64 Å². The minimum Gasteiger partial charge on any atom is -0.493 e. The Hall–Kier alpha value is -3.95. The zero-order valence-corrected chi connectivity index (χ0v) is 20.9.